The van der Waals surface area contributed by atoms with Gasteiger partial charge in [-0.05, 0) is 89.0 Å². The fraction of sp³-hybridized carbons (Fsp3) is 0.182. The number of hydrogen-bond acceptors (Lipinski definition) is 6. The first-order chi connectivity index (χ1) is 15.2. The van der Waals surface area contributed by atoms with Crippen molar-refractivity contribution in [3.63, 3.8) is 0 Å². The molecule has 0 saturated carbocycles. The molecule has 0 aliphatic carbocycles. The van der Waals surface area contributed by atoms with E-state index in [1.54, 1.807) is 18.2 Å². The summed E-state index contributed by atoms with van der Waals surface area (Å²) in [6, 6.07) is 8.63. The molecule has 0 aromatic heterocycles. The fourth-order valence-corrected chi connectivity index (χ4v) is 3.61. The van der Waals surface area contributed by atoms with Crippen LogP contribution in [0.2, 0.25) is 0 Å². The molecule has 1 saturated heterocycles. The summed E-state index contributed by atoms with van der Waals surface area (Å²) in [4.78, 5) is 36.4. The maximum absolute atomic E-state index is 12.4. The minimum Gasteiger partial charge on any atom is -0.493 e. The Morgan fingerprint density at radius 2 is 1.75 bits per heavy atom. The number of aryl methyl sites for hydroxylation is 2. The van der Waals surface area contributed by atoms with E-state index in [1.807, 2.05) is 26.0 Å². The molecule has 32 heavy (non-hydrogen) atoms. The molecule has 166 valence electrons. The van der Waals surface area contributed by atoms with Crippen molar-refractivity contribution in [2.24, 2.45) is 0 Å². The van der Waals surface area contributed by atoms with E-state index in [9.17, 15) is 14.4 Å². The summed E-state index contributed by atoms with van der Waals surface area (Å²) in [6.45, 7) is 3.71. The molecular weight excluding hydrogens is 498 g/mol. The second kappa shape index (κ2) is 9.92. The van der Waals surface area contributed by atoms with Crippen LogP contribution in [0.25, 0.3) is 6.08 Å². The first kappa shape index (κ1) is 23.4. The molecule has 1 aliphatic rings. The lowest BCUT2D eigenvalue weighted by molar-refractivity contribution is -0.123. The average Bonchev–Trinajstić information content (AvgIpc) is 2.73. The minimum absolute atomic E-state index is 0.0374. The van der Waals surface area contributed by atoms with E-state index < -0.39 is 11.8 Å². The van der Waals surface area contributed by atoms with E-state index in [2.05, 4.69) is 31.9 Å². The number of thiocarbonyl (C=S) groups is 1. The number of hydrogen-bond donors (Lipinski definition) is 3. The largest absolute Gasteiger partial charge is 0.493 e. The zero-order valence-corrected chi connectivity index (χ0v) is 19.9. The third-order valence-electron chi connectivity index (χ3n) is 4.66. The maximum atomic E-state index is 12.4. The molecule has 2 aromatic rings. The van der Waals surface area contributed by atoms with Gasteiger partial charge in [-0.25, -0.2) is 0 Å². The predicted octanol–water partition coefficient (Wildman–Crippen LogP) is 3.01. The molecule has 1 heterocycles. The first-order valence-electron chi connectivity index (χ1n) is 9.43. The van der Waals surface area contributed by atoms with Gasteiger partial charge in [-0.1, -0.05) is 6.07 Å². The van der Waals surface area contributed by atoms with Crippen LogP contribution >= 0.6 is 28.1 Å². The van der Waals surface area contributed by atoms with Crippen LogP contribution < -0.4 is 25.4 Å². The van der Waals surface area contributed by atoms with Crippen molar-refractivity contribution in [1.29, 1.82) is 0 Å². The molecule has 2 aromatic carbocycles. The molecule has 8 nitrogen and oxygen atoms in total. The molecule has 1 aliphatic heterocycles. The fourth-order valence-electron chi connectivity index (χ4n) is 2.87. The highest BCUT2D eigenvalue weighted by atomic mass is 79.9. The summed E-state index contributed by atoms with van der Waals surface area (Å²) in [5, 5.41) is 7.51. The van der Waals surface area contributed by atoms with Crippen LogP contribution in [0.15, 0.2) is 40.4 Å². The molecule has 3 N–H and O–H groups in total. The highest BCUT2D eigenvalue weighted by molar-refractivity contribution is 9.10. The second-order valence-electron chi connectivity index (χ2n) is 6.96. The topological polar surface area (TPSA) is 106 Å². The van der Waals surface area contributed by atoms with Gasteiger partial charge in [0.05, 0.1) is 12.8 Å². The molecular formula is C22H20BrN3O5S. The highest BCUT2D eigenvalue weighted by Crippen LogP contribution is 2.30. The molecule has 3 rings (SSSR count). The number of halogens is 1. The van der Waals surface area contributed by atoms with Crippen LogP contribution in [0.1, 0.15) is 16.7 Å². The Labute approximate surface area is 198 Å². The Kier molecular flexibility index (Phi) is 7.26. The number of rotatable bonds is 6. The normalized spacial score (nSPS) is 13.2. The molecule has 0 atom stereocenters. The van der Waals surface area contributed by atoms with Crippen molar-refractivity contribution in [3.8, 4) is 11.5 Å². The van der Waals surface area contributed by atoms with E-state index in [0.29, 0.717) is 22.7 Å². The predicted molar refractivity (Wildman–Crippen MR) is 128 cm³/mol. The van der Waals surface area contributed by atoms with Gasteiger partial charge >= 0.3 is 0 Å². The highest BCUT2D eigenvalue weighted by Gasteiger charge is 2.25. The minimum atomic E-state index is -0.591. The van der Waals surface area contributed by atoms with Crippen LogP contribution in [-0.2, 0) is 14.4 Å². The lowest BCUT2D eigenvalue weighted by Gasteiger charge is -2.16. The van der Waals surface area contributed by atoms with Gasteiger partial charge < -0.3 is 14.8 Å². The van der Waals surface area contributed by atoms with Crippen LogP contribution in [0.3, 0.4) is 0 Å². The number of carbonyl (C=O) groups is 3. The number of anilines is 1. The SMILES string of the molecule is COc1cc(C=C2C(=O)NC(=S)NC2=O)ccc1OCC(=O)Nc1cc(C)c(C)cc1Br. The van der Waals surface area contributed by atoms with Crippen LogP contribution in [0.5, 0.6) is 11.5 Å². The summed E-state index contributed by atoms with van der Waals surface area (Å²) in [5.74, 6) is -0.845. The first-order valence-corrected chi connectivity index (χ1v) is 10.6. The van der Waals surface area contributed by atoms with Gasteiger partial charge in [0.2, 0.25) is 0 Å². The van der Waals surface area contributed by atoms with Gasteiger partial charge in [-0.15, -0.1) is 0 Å². The van der Waals surface area contributed by atoms with Crippen molar-refractivity contribution in [3.05, 3.63) is 57.1 Å². The van der Waals surface area contributed by atoms with Gasteiger partial charge in [-0.3, -0.25) is 25.0 Å². The second-order valence-corrected chi connectivity index (χ2v) is 8.22. The van der Waals surface area contributed by atoms with Crippen molar-refractivity contribution in [2.75, 3.05) is 19.0 Å². The Balaban J connectivity index is 1.70. The summed E-state index contributed by atoms with van der Waals surface area (Å²) in [7, 11) is 1.45. The van der Waals surface area contributed by atoms with Gasteiger partial charge in [0.15, 0.2) is 23.2 Å². The number of carbonyl (C=O) groups excluding carboxylic acids is 3. The van der Waals surface area contributed by atoms with Crippen molar-refractivity contribution in [2.45, 2.75) is 13.8 Å². The Morgan fingerprint density at radius 1 is 1.09 bits per heavy atom. The standard InChI is InChI=1S/C22H20BrN3O5S/c1-11-6-15(23)16(7-12(11)2)24-19(27)10-31-17-5-4-13(9-18(17)30-3)8-14-20(28)25-22(32)26-21(14)29/h4-9H,10H2,1-3H3,(H,24,27)(H2,25,26,28,29,32). The number of amides is 3. The average molecular weight is 518 g/mol. The van der Waals surface area contributed by atoms with E-state index in [4.69, 9.17) is 21.7 Å². The summed E-state index contributed by atoms with van der Waals surface area (Å²) in [6.07, 6.45) is 1.41. The monoisotopic (exact) mass is 517 g/mol. The maximum Gasteiger partial charge on any atom is 0.263 e. The molecule has 0 bridgehead atoms. The van der Waals surface area contributed by atoms with Crippen LogP contribution in [0.4, 0.5) is 5.69 Å². The molecule has 0 unspecified atom stereocenters. The van der Waals surface area contributed by atoms with E-state index in [-0.39, 0.29) is 23.2 Å². The Bertz CT molecular complexity index is 1140. The number of methoxy groups -OCH3 is 1. The van der Waals surface area contributed by atoms with Crippen LogP contribution in [0, 0.1) is 13.8 Å². The Morgan fingerprint density at radius 3 is 2.41 bits per heavy atom. The Hall–Kier alpha value is -3.24. The van der Waals surface area contributed by atoms with Gasteiger partial charge in [0.25, 0.3) is 17.7 Å². The zero-order valence-electron chi connectivity index (χ0n) is 17.5. The van der Waals surface area contributed by atoms with Crippen molar-refractivity contribution < 1.29 is 23.9 Å². The van der Waals surface area contributed by atoms with Crippen molar-refractivity contribution >= 4 is 62.7 Å². The van der Waals surface area contributed by atoms with E-state index >= 15 is 0 Å². The summed E-state index contributed by atoms with van der Waals surface area (Å²) in [5.41, 5.74) is 3.26. The molecule has 10 heteroatoms. The number of ether oxygens (including phenoxy) is 2. The lowest BCUT2D eigenvalue weighted by atomic mass is 10.1. The molecule has 0 spiro atoms. The van der Waals surface area contributed by atoms with Crippen molar-refractivity contribution in [1.82, 2.24) is 10.6 Å². The van der Waals surface area contributed by atoms with Gasteiger partial charge in [0, 0.05) is 4.47 Å². The molecule has 1 fully saturated rings. The summed E-state index contributed by atoms with van der Waals surface area (Å²) >= 11 is 8.23. The van der Waals surface area contributed by atoms with Crippen LogP contribution in [-0.4, -0.2) is 36.6 Å². The van der Waals surface area contributed by atoms with E-state index in [0.717, 1.165) is 15.6 Å². The molecule has 0 radical (unpaired) electrons. The quantitative estimate of drug-likeness (QED) is 0.309. The third-order valence-corrected chi connectivity index (χ3v) is 5.52. The number of nitrogens with one attached hydrogen (secondary N) is 3. The molecule has 3 amide bonds. The number of benzene rings is 2. The van der Waals surface area contributed by atoms with Gasteiger partial charge in [-0.2, -0.15) is 0 Å². The lowest BCUT2D eigenvalue weighted by Crippen LogP contribution is -2.51. The zero-order chi connectivity index (χ0) is 23.4. The summed E-state index contributed by atoms with van der Waals surface area (Å²) < 4.78 is 11.7. The van der Waals surface area contributed by atoms with Gasteiger partial charge in [0.1, 0.15) is 5.57 Å². The smallest absolute Gasteiger partial charge is 0.263 e. The third kappa shape index (κ3) is 5.51. The van der Waals surface area contributed by atoms with E-state index in [1.165, 1.54) is 13.2 Å².